The van der Waals surface area contributed by atoms with Crippen LogP contribution in [0.2, 0.25) is 0 Å². The van der Waals surface area contributed by atoms with Crippen LogP contribution in [0.4, 0.5) is 0 Å². The Hall–Kier alpha value is -5.61. The molecule has 2 aromatic heterocycles. The van der Waals surface area contributed by atoms with Crippen molar-refractivity contribution in [2.24, 2.45) is 0 Å². The third kappa shape index (κ3) is 3.07. The molecule has 0 unspecified atom stereocenters. The topological polar surface area (TPSA) is 47.3 Å². The summed E-state index contributed by atoms with van der Waals surface area (Å²) in [7, 11) is 0. The summed E-state index contributed by atoms with van der Waals surface area (Å²) in [6.45, 7) is 0. The molecular weight excluding hydrogens is 502 g/mol. The molecular formula is C37H21N3O. The van der Waals surface area contributed by atoms with Crippen molar-refractivity contribution in [2.45, 2.75) is 0 Å². The molecule has 4 nitrogen and oxygen atoms in total. The highest BCUT2D eigenvalue weighted by molar-refractivity contribution is 6.18. The van der Waals surface area contributed by atoms with Crippen molar-refractivity contribution in [1.29, 1.82) is 0 Å². The maximum absolute atomic E-state index is 13.8. The summed E-state index contributed by atoms with van der Waals surface area (Å²) < 4.78 is 1.66. The second-order valence-corrected chi connectivity index (χ2v) is 10.6. The molecule has 4 heteroatoms. The van der Waals surface area contributed by atoms with Gasteiger partial charge in [-0.3, -0.25) is 4.79 Å². The van der Waals surface area contributed by atoms with Crippen LogP contribution in [0.25, 0.3) is 83.0 Å². The summed E-state index contributed by atoms with van der Waals surface area (Å²) >= 11 is 0. The average Bonchev–Trinajstić information content (AvgIpc) is 3.36. The monoisotopic (exact) mass is 523 g/mol. The van der Waals surface area contributed by atoms with E-state index < -0.39 is 0 Å². The SMILES string of the molecule is O=c1c2ccccc2nc2c3ccccc3nc(-c3ccc(-c4ccc5c6c(cccc46)-c4ccccc4-5)cc3)n12. The van der Waals surface area contributed by atoms with Crippen LogP contribution in [0.5, 0.6) is 0 Å². The molecule has 0 aliphatic heterocycles. The molecule has 8 aromatic rings. The van der Waals surface area contributed by atoms with Crippen molar-refractivity contribution >= 4 is 38.2 Å². The van der Waals surface area contributed by atoms with Crippen molar-refractivity contribution in [1.82, 2.24) is 14.4 Å². The number of nitrogens with zero attached hydrogens (tertiary/aromatic N) is 3. The Morgan fingerprint density at radius 2 is 1.00 bits per heavy atom. The molecule has 41 heavy (non-hydrogen) atoms. The van der Waals surface area contributed by atoms with Gasteiger partial charge in [0, 0.05) is 10.9 Å². The lowest BCUT2D eigenvalue weighted by Crippen LogP contribution is -2.18. The van der Waals surface area contributed by atoms with Crippen LogP contribution in [-0.4, -0.2) is 14.4 Å². The van der Waals surface area contributed by atoms with E-state index in [1.165, 1.54) is 38.6 Å². The van der Waals surface area contributed by atoms with E-state index in [4.69, 9.17) is 9.97 Å². The van der Waals surface area contributed by atoms with Gasteiger partial charge in [-0.25, -0.2) is 14.4 Å². The highest BCUT2D eigenvalue weighted by Crippen LogP contribution is 2.49. The summed E-state index contributed by atoms with van der Waals surface area (Å²) in [6, 6.07) is 43.4. The molecule has 9 rings (SSSR count). The minimum absolute atomic E-state index is 0.116. The second-order valence-electron chi connectivity index (χ2n) is 10.6. The Balaban J connectivity index is 1.25. The Kier molecular flexibility index (Phi) is 4.44. The fourth-order valence-corrected chi connectivity index (χ4v) is 6.49. The fourth-order valence-electron chi connectivity index (χ4n) is 6.49. The summed E-state index contributed by atoms with van der Waals surface area (Å²) in [4.78, 5) is 23.7. The maximum atomic E-state index is 13.8. The van der Waals surface area contributed by atoms with E-state index in [-0.39, 0.29) is 5.56 Å². The molecule has 6 aromatic carbocycles. The largest absolute Gasteiger partial charge is 0.268 e. The molecule has 190 valence electrons. The van der Waals surface area contributed by atoms with E-state index >= 15 is 0 Å². The highest BCUT2D eigenvalue weighted by Gasteiger charge is 2.22. The number of para-hydroxylation sites is 2. The minimum Gasteiger partial charge on any atom is -0.268 e. The standard InChI is InChI=1S/C37H21N3O/c41-37-31-11-4-6-15-33(31)39-36-30-10-3-5-14-32(30)38-35(40(36)37)23-18-16-22(17-19-23)24-20-21-29-26-9-2-1-8-25(26)28-13-7-12-27(24)34(28)29/h1-21H. The molecule has 0 atom stereocenters. The number of hydrogen-bond acceptors (Lipinski definition) is 3. The van der Waals surface area contributed by atoms with Gasteiger partial charge in [0.15, 0.2) is 5.65 Å². The molecule has 0 saturated heterocycles. The van der Waals surface area contributed by atoms with Gasteiger partial charge >= 0.3 is 0 Å². The van der Waals surface area contributed by atoms with E-state index in [0.29, 0.717) is 22.4 Å². The molecule has 0 radical (unpaired) electrons. The number of benzene rings is 6. The zero-order valence-corrected chi connectivity index (χ0v) is 21.9. The van der Waals surface area contributed by atoms with Gasteiger partial charge in [-0.15, -0.1) is 0 Å². The van der Waals surface area contributed by atoms with E-state index in [9.17, 15) is 4.79 Å². The normalized spacial score (nSPS) is 12.0. The molecule has 0 N–H and O–H groups in total. The predicted molar refractivity (Wildman–Crippen MR) is 167 cm³/mol. The van der Waals surface area contributed by atoms with Crippen LogP contribution in [0.15, 0.2) is 132 Å². The summed E-state index contributed by atoms with van der Waals surface area (Å²) in [5.74, 6) is 0.587. The van der Waals surface area contributed by atoms with Gasteiger partial charge in [0.1, 0.15) is 5.82 Å². The molecule has 0 fully saturated rings. The molecule has 0 saturated carbocycles. The zero-order valence-electron chi connectivity index (χ0n) is 21.9. The van der Waals surface area contributed by atoms with Gasteiger partial charge in [0.2, 0.25) is 0 Å². The number of aromatic nitrogens is 3. The molecule has 1 aliphatic carbocycles. The number of hydrogen-bond donors (Lipinski definition) is 0. The van der Waals surface area contributed by atoms with Crippen LogP contribution in [-0.2, 0) is 0 Å². The lowest BCUT2D eigenvalue weighted by Gasteiger charge is -2.13. The molecule has 2 heterocycles. The van der Waals surface area contributed by atoms with Crippen molar-refractivity contribution in [3.63, 3.8) is 0 Å². The first kappa shape index (κ1) is 22.2. The van der Waals surface area contributed by atoms with Crippen LogP contribution in [0.1, 0.15) is 0 Å². The van der Waals surface area contributed by atoms with Crippen molar-refractivity contribution in [3.8, 4) is 44.8 Å². The number of rotatable bonds is 2. The van der Waals surface area contributed by atoms with Gasteiger partial charge in [-0.2, -0.15) is 0 Å². The summed E-state index contributed by atoms with van der Waals surface area (Å²) in [6.07, 6.45) is 0. The molecule has 1 aliphatic rings. The first-order valence-electron chi connectivity index (χ1n) is 13.7. The van der Waals surface area contributed by atoms with Gasteiger partial charge in [0.25, 0.3) is 5.56 Å². The summed E-state index contributed by atoms with van der Waals surface area (Å²) in [5.41, 5.74) is 10.3. The quantitative estimate of drug-likeness (QED) is 0.168. The van der Waals surface area contributed by atoms with E-state index in [1.807, 2.05) is 48.5 Å². The van der Waals surface area contributed by atoms with Gasteiger partial charge < -0.3 is 0 Å². The Morgan fingerprint density at radius 1 is 0.439 bits per heavy atom. The van der Waals surface area contributed by atoms with Crippen LogP contribution >= 0.6 is 0 Å². The fraction of sp³-hybridized carbons (Fsp3) is 0. The Bertz CT molecular complexity index is 2410. The van der Waals surface area contributed by atoms with E-state index in [0.717, 1.165) is 22.0 Å². The smallest absolute Gasteiger partial charge is 0.267 e. The zero-order chi connectivity index (χ0) is 27.1. The van der Waals surface area contributed by atoms with Crippen LogP contribution in [0.3, 0.4) is 0 Å². The second kappa shape index (κ2) is 8.20. The first-order chi connectivity index (χ1) is 20.3. The Morgan fingerprint density at radius 3 is 1.78 bits per heavy atom. The van der Waals surface area contributed by atoms with E-state index in [2.05, 4.69) is 78.9 Å². The highest BCUT2D eigenvalue weighted by atomic mass is 16.1. The predicted octanol–water partition coefficient (Wildman–Crippen LogP) is 8.53. The van der Waals surface area contributed by atoms with Crippen molar-refractivity contribution in [2.75, 3.05) is 0 Å². The maximum Gasteiger partial charge on any atom is 0.267 e. The van der Waals surface area contributed by atoms with Gasteiger partial charge in [-0.05, 0) is 68.4 Å². The lowest BCUT2D eigenvalue weighted by molar-refractivity contribution is 1.05. The number of fused-ring (bicyclic) bond motifs is 7. The van der Waals surface area contributed by atoms with Gasteiger partial charge in [0.05, 0.1) is 16.4 Å². The van der Waals surface area contributed by atoms with Crippen LogP contribution in [0, 0.1) is 0 Å². The molecule has 0 amide bonds. The average molecular weight is 524 g/mol. The van der Waals surface area contributed by atoms with Crippen molar-refractivity contribution in [3.05, 3.63) is 138 Å². The first-order valence-corrected chi connectivity index (χ1v) is 13.7. The third-order valence-electron chi connectivity index (χ3n) is 8.36. The minimum atomic E-state index is -0.116. The summed E-state index contributed by atoms with van der Waals surface area (Å²) in [5, 5.41) is 3.98. The Labute approximate surface area is 234 Å². The molecule has 0 bridgehead atoms. The van der Waals surface area contributed by atoms with Gasteiger partial charge in [-0.1, -0.05) is 103 Å². The molecule has 0 spiro atoms. The van der Waals surface area contributed by atoms with Crippen LogP contribution < -0.4 is 5.56 Å². The van der Waals surface area contributed by atoms with E-state index in [1.54, 1.807) is 4.40 Å². The lowest BCUT2D eigenvalue weighted by atomic mass is 9.94. The third-order valence-corrected chi connectivity index (χ3v) is 8.36. The van der Waals surface area contributed by atoms with Crippen molar-refractivity contribution < 1.29 is 0 Å².